The van der Waals surface area contributed by atoms with Gasteiger partial charge in [0.1, 0.15) is 5.82 Å². The van der Waals surface area contributed by atoms with Crippen molar-refractivity contribution in [1.29, 1.82) is 0 Å². The SMILES string of the molecule is O=C(OCC[C@H](c1ccccc1F)N1CCS(=O)(=O)CC1)c1ccco1. The van der Waals surface area contributed by atoms with Crippen LogP contribution in [0.4, 0.5) is 4.39 Å². The number of carbonyl (C=O) groups excluding carboxylic acids is 1. The molecule has 2 aromatic rings. The van der Waals surface area contributed by atoms with Crippen molar-refractivity contribution in [1.82, 2.24) is 4.90 Å². The van der Waals surface area contributed by atoms with E-state index in [9.17, 15) is 17.6 Å². The normalized spacial score (nSPS) is 18.3. The largest absolute Gasteiger partial charge is 0.460 e. The fourth-order valence-corrected chi connectivity index (χ4v) is 4.28. The topological polar surface area (TPSA) is 76.8 Å². The molecule has 0 spiro atoms. The number of sulfone groups is 1. The average Bonchev–Trinajstić information content (AvgIpc) is 3.15. The smallest absolute Gasteiger partial charge is 0.374 e. The Hall–Kier alpha value is -2.19. The summed E-state index contributed by atoms with van der Waals surface area (Å²) in [6.07, 6.45) is 1.74. The van der Waals surface area contributed by atoms with Crippen LogP contribution in [0.2, 0.25) is 0 Å². The number of benzene rings is 1. The highest BCUT2D eigenvalue weighted by atomic mass is 32.2. The number of hydrogen-bond acceptors (Lipinski definition) is 6. The maximum Gasteiger partial charge on any atom is 0.374 e. The van der Waals surface area contributed by atoms with Crippen molar-refractivity contribution in [3.63, 3.8) is 0 Å². The molecule has 3 rings (SSSR count). The number of rotatable bonds is 6. The summed E-state index contributed by atoms with van der Waals surface area (Å²) in [4.78, 5) is 13.8. The zero-order valence-electron chi connectivity index (χ0n) is 14.1. The zero-order chi connectivity index (χ0) is 18.6. The van der Waals surface area contributed by atoms with Crippen molar-refractivity contribution < 1.29 is 26.8 Å². The van der Waals surface area contributed by atoms with Gasteiger partial charge in [0.15, 0.2) is 9.84 Å². The summed E-state index contributed by atoms with van der Waals surface area (Å²) in [6, 6.07) is 9.12. The Morgan fingerprint density at radius 2 is 1.92 bits per heavy atom. The Labute approximate surface area is 151 Å². The second-order valence-electron chi connectivity index (χ2n) is 6.13. The van der Waals surface area contributed by atoms with Crippen LogP contribution in [0, 0.1) is 5.82 Å². The number of ether oxygens (including phenoxy) is 1. The monoisotopic (exact) mass is 381 g/mol. The first-order chi connectivity index (χ1) is 12.5. The van der Waals surface area contributed by atoms with Crippen molar-refractivity contribution in [3.8, 4) is 0 Å². The van der Waals surface area contributed by atoms with Crippen LogP contribution >= 0.6 is 0 Å². The molecule has 2 heterocycles. The van der Waals surface area contributed by atoms with Crippen LogP contribution < -0.4 is 0 Å². The maximum atomic E-state index is 14.3. The Morgan fingerprint density at radius 3 is 2.58 bits per heavy atom. The third-order valence-electron chi connectivity index (χ3n) is 4.43. The Morgan fingerprint density at radius 1 is 1.19 bits per heavy atom. The van der Waals surface area contributed by atoms with E-state index >= 15 is 0 Å². The van der Waals surface area contributed by atoms with Gasteiger partial charge in [-0.1, -0.05) is 18.2 Å². The number of furan rings is 1. The summed E-state index contributed by atoms with van der Waals surface area (Å²) in [5, 5.41) is 0. The highest BCUT2D eigenvalue weighted by Crippen LogP contribution is 2.28. The summed E-state index contributed by atoms with van der Waals surface area (Å²) in [5.74, 6) is -0.739. The van der Waals surface area contributed by atoms with E-state index in [4.69, 9.17) is 9.15 Å². The second-order valence-corrected chi connectivity index (χ2v) is 8.43. The van der Waals surface area contributed by atoms with E-state index in [-0.39, 0.29) is 35.7 Å². The van der Waals surface area contributed by atoms with E-state index < -0.39 is 15.8 Å². The molecule has 0 aliphatic carbocycles. The van der Waals surface area contributed by atoms with Gasteiger partial charge in [-0.25, -0.2) is 17.6 Å². The van der Waals surface area contributed by atoms with Crippen molar-refractivity contribution in [3.05, 3.63) is 59.8 Å². The minimum atomic E-state index is -3.04. The number of esters is 1. The number of halogens is 1. The Kier molecular flexibility index (Phi) is 5.73. The lowest BCUT2D eigenvalue weighted by Crippen LogP contribution is -2.43. The first-order valence-electron chi connectivity index (χ1n) is 8.36. The molecule has 140 valence electrons. The Balaban J connectivity index is 1.69. The number of hydrogen-bond donors (Lipinski definition) is 0. The molecule has 1 atom stereocenters. The molecule has 0 saturated carbocycles. The molecule has 1 aromatic carbocycles. The lowest BCUT2D eigenvalue weighted by atomic mass is 10.0. The third kappa shape index (κ3) is 4.50. The molecule has 0 amide bonds. The predicted molar refractivity (Wildman–Crippen MR) is 93.0 cm³/mol. The summed E-state index contributed by atoms with van der Waals surface area (Å²) >= 11 is 0. The molecule has 1 fully saturated rings. The molecular formula is C18H20FNO5S. The molecule has 0 unspecified atom stereocenters. The van der Waals surface area contributed by atoms with Crippen molar-refractivity contribution in [2.24, 2.45) is 0 Å². The van der Waals surface area contributed by atoms with Gasteiger partial charge in [-0.05, 0) is 18.2 Å². The fourth-order valence-electron chi connectivity index (χ4n) is 3.05. The fraction of sp³-hybridized carbons (Fsp3) is 0.389. The molecule has 0 bridgehead atoms. The van der Waals surface area contributed by atoms with E-state index in [1.807, 2.05) is 4.90 Å². The summed E-state index contributed by atoms with van der Waals surface area (Å²) < 4.78 is 47.8. The van der Waals surface area contributed by atoms with E-state index in [1.165, 1.54) is 18.4 Å². The number of carbonyl (C=O) groups is 1. The summed E-state index contributed by atoms with van der Waals surface area (Å²) in [6.45, 7) is 0.725. The van der Waals surface area contributed by atoms with Crippen molar-refractivity contribution in [2.45, 2.75) is 12.5 Å². The highest BCUT2D eigenvalue weighted by molar-refractivity contribution is 7.91. The van der Waals surface area contributed by atoms with Gasteiger partial charge < -0.3 is 9.15 Å². The average molecular weight is 381 g/mol. The van der Waals surface area contributed by atoms with Gasteiger partial charge in [-0.15, -0.1) is 0 Å². The minimum absolute atomic E-state index is 0.0458. The van der Waals surface area contributed by atoms with E-state index in [0.717, 1.165) is 0 Å². The van der Waals surface area contributed by atoms with Crippen LogP contribution in [0.5, 0.6) is 0 Å². The molecule has 26 heavy (non-hydrogen) atoms. The van der Waals surface area contributed by atoms with Gasteiger partial charge in [0.05, 0.1) is 24.4 Å². The van der Waals surface area contributed by atoms with Crippen LogP contribution in [0.3, 0.4) is 0 Å². The van der Waals surface area contributed by atoms with Crippen LogP contribution in [-0.2, 0) is 14.6 Å². The quantitative estimate of drug-likeness (QED) is 0.716. The van der Waals surface area contributed by atoms with Gasteiger partial charge >= 0.3 is 5.97 Å². The molecule has 1 saturated heterocycles. The summed E-state index contributed by atoms with van der Waals surface area (Å²) in [5.41, 5.74) is 0.473. The van der Waals surface area contributed by atoms with E-state index in [0.29, 0.717) is 25.1 Å². The maximum absolute atomic E-state index is 14.3. The molecule has 1 aromatic heterocycles. The van der Waals surface area contributed by atoms with E-state index in [2.05, 4.69) is 0 Å². The lowest BCUT2D eigenvalue weighted by Gasteiger charge is -2.34. The molecule has 0 radical (unpaired) electrons. The first-order valence-corrected chi connectivity index (χ1v) is 10.2. The second kappa shape index (κ2) is 8.01. The first kappa shape index (κ1) is 18.6. The lowest BCUT2D eigenvalue weighted by molar-refractivity contribution is 0.0422. The van der Waals surface area contributed by atoms with Gasteiger partial charge in [-0.2, -0.15) is 0 Å². The predicted octanol–water partition coefficient (Wildman–Crippen LogP) is 2.44. The van der Waals surface area contributed by atoms with E-state index in [1.54, 1.807) is 24.3 Å². The molecule has 1 aliphatic heterocycles. The van der Waals surface area contributed by atoms with Crippen molar-refractivity contribution >= 4 is 15.8 Å². The highest BCUT2D eigenvalue weighted by Gasteiger charge is 2.29. The third-order valence-corrected chi connectivity index (χ3v) is 6.04. The van der Waals surface area contributed by atoms with Gasteiger partial charge in [0, 0.05) is 31.1 Å². The zero-order valence-corrected chi connectivity index (χ0v) is 15.0. The van der Waals surface area contributed by atoms with Crippen LogP contribution in [0.15, 0.2) is 47.1 Å². The van der Waals surface area contributed by atoms with Gasteiger partial charge in [-0.3, -0.25) is 4.90 Å². The van der Waals surface area contributed by atoms with Gasteiger partial charge in [0.2, 0.25) is 5.76 Å². The molecule has 8 heteroatoms. The standard InChI is InChI=1S/C18H20FNO5S/c19-15-5-2-1-4-14(15)16(20-8-12-26(22,23)13-9-20)7-11-25-18(21)17-6-3-10-24-17/h1-6,10,16H,7-9,11-13H2/t16-/m1/s1. The van der Waals surface area contributed by atoms with Crippen LogP contribution in [-0.4, -0.2) is 50.5 Å². The minimum Gasteiger partial charge on any atom is -0.460 e. The van der Waals surface area contributed by atoms with Gasteiger partial charge in [0.25, 0.3) is 0 Å². The molecule has 0 N–H and O–H groups in total. The number of nitrogens with zero attached hydrogens (tertiary/aromatic N) is 1. The van der Waals surface area contributed by atoms with Crippen LogP contribution in [0.1, 0.15) is 28.6 Å². The summed E-state index contributed by atoms with van der Waals surface area (Å²) in [7, 11) is -3.04. The molecular weight excluding hydrogens is 361 g/mol. The molecule has 6 nitrogen and oxygen atoms in total. The van der Waals surface area contributed by atoms with Crippen LogP contribution in [0.25, 0.3) is 0 Å². The Bertz CT molecular complexity index is 836. The molecule has 1 aliphatic rings. The van der Waals surface area contributed by atoms with Crippen molar-refractivity contribution in [2.75, 3.05) is 31.2 Å².